The minimum Gasteiger partial charge on any atom is -0.301 e. The lowest BCUT2D eigenvalue weighted by Gasteiger charge is -2.16. The van der Waals surface area contributed by atoms with Crippen molar-refractivity contribution in [2.45, 2.75) is 6.54 Å². The third kappa shape index (κ3) is 5.61. The van der Waals surface area contributed by atoms with Crippen LogP contribution in [0.2, 0.25) is 0 Å². The van der Waals surface area contributed by atoms with Crippen LogP contribution in [0.4, 0.5) is 4.39 Å². The van der Waals surface area contributed by atoms with E-state index >= 15 is 0 Å². The van der Waals surface area contributed by atoms with Crippen molar-refractivity contribution in [2.75, 3.05) is 25.6 Å². The molecule has 0 heterocycles. The van der Waals surface area contributed by atoms with Crippen LogP contribution in [0, 0.1) is 5.82 Å². The predicted octanol–water partition coefficient (Wildman–Crippen LogP) is 2.06. The molecule has 0 amide bonds. The Labute approximate surface area is 110 Å². The van der Waals surface area contributed by atoms with Crippen LogP contribution in [-0.2, 0) is 16.4 Å². The zero-order chi connectivity index (χ0) is 13.1. The number of hydrogen-bond acceptors (Lipinski definition) is 3. The van der Waals surface area contributed by atoms with E-state index in [4.69, 9.17) is 0 Å². The van der Waals surface area contributed by atoms with Crippen LogP contribution in [0.1, 0.15) is 5.56 Å². The Morgan fingerprint density at radius 2 is 2.06 bits per heavy atom. The zero-order valence-corrected chi connectivity index (χ0v) is 12.2. The van der Waals surface area contributed by atoms with E-state index in [2.05, 4.69) is 15.9 Å². The van der Waals surface area contributed by atoms with E-state index in [0.717, 1.165) is 0 Å². The Balaban J connectivity index is 2.59. The van der Waals surface area contributed by atoms with Crippen molar-refractivity contribution in [1.82, 2.24) is 4.90 Å². The van der Waals surface area contributed by atoms with Gasteiger partial charge in [0, 0.05) is 29.4 Å². The van der Waals surface area contributed by atoms with Crippen molar-refractivity contribution in [3.8, 4) is 0 Å². The summed E-state index contributed by atoms with van der Waals surface area (Å²) in [5.41, 5.74) is 0.559. The third-order valence-corrected chi connectivity index (χ3v) is 3.72. The summed E-state index contributed by atoms with van der Waals surface area (Å²) in [6.45, 7) is 0.795. The molecular weight excluding hydrogens is 309 g/mol. The van der Waals surface area contributed by atoms with Gasteiger partial charge in [-0.2, -0.15) is 0 Å². The number of halogens is 2. The lowest BCUT2D eigenvalue weighted by atomic mass is 10.2. The summed E-state index contributed by atoms with van der Waals surface area (Å²) in [4.78, 5) is 1.79. The van der Waals surface area contributed by atoms with Crippen LogP contribution >= 0.6 is 15.9 Å². The van der Waals surface area contributed by atoms with Crippen molar-refractivity contribution in [3.05, 3.63) is 34.1 Å². The van der Waals surface area contributed by atoms with E-state index in [9.17, 15) is 12.8 Å². The maximum absolute atomic E-state index is 13.5. The molecule has 0 aliphatic carbocycles. The van der Waals surface area contributed by atoms with Crippen LogP contribution in [0.25, 0.3) is 0 Å². The minimum absolute atomic E-state index is 0.0850. The predicted molar refractivity (Wildman–Crippen MR) is 70.1 cm³/mol. The standard InChI is InChI=1S/C11H15BrFNO2S/c1-14(5-6-17(2,15)16)8-9-3-4-10(12)7-11(9)13/h3-4,7H,5-6,8H2,1-2H3. The molecule has 1 aromatic carbocycles. The molecule has 0 N–H and O–H groups in total. The van der Waals surface area contributed by atoms with Crippen LogP contribution in [0.5, 0.6) is 0 Å². The monoisotopic (exact) mass is 323 g/mol. The van der Waals surface area contributed by atoms with Crippen molar-refractivity contribution < 1.29 is 12.8 Å². The molecule has 17 heavy (non-hydrogen) atoms. The summed E-state index contributed by atoms with van der Waals surface area (Å²) in [5.74, 6) is -0.202. The van der Waals surface area contributed by atoms with E-state index < -0.39 is 9.84 Å². The molecule has 0 unspecified atom stereocenters. The maximum atomic E-state index is 13.5. The first kappa shape index (κ1) is 14.6. The van der Waals surface area contributed by atoms with Crippen molar-refractivity contribution in [1.29, 1.82) is 0 Å². The fourth-order valence-electron chi connectivity index (χ4n) is 1.34. The van der Waals surface area contributed by atoms with Crippen LogP contribution in [0.3, 0.4) is 0 Å². The van der Waals surface area contributed by atoms with Crippen LogP contribution < -0.4 is 0 Å². The van der Waals surface area contributed by atoms with E-state index in [1.807, 2.05) is 0 Å². The highest BCUT2D eigenvalue weighted by atomic mass is 79.9. The maximum Gasteiger partial charge on any atom is 0.148 e. The molecule has 1 rings (SSSR count). The molecule has 96 valence electrons. The zero-order valence-electron chi connectivity index (χ0n) is 9.78. The van der Waals surface area contributed by atoms with Gasteiger partial charge in [0.15, 0.2) is 0 Å². The van der Waals surface area contributed by atoms with Gasteiger partial charge in [-0.15, -0.1) is 0 Å². The van der Waals surface area contributed by atoms with Gasteiger partial charge < -0.3 is 4.90 Å². The third-order valence-electron chi connectivity index (χ3n) is 2.30. The van der Waals surface area contributed by atoms with E-state index in [1.165, 1.54) is 12.3 Å². The molecular formula is C11H15BrFNO2S. The molecule has 6 heteroatoms. The molecule has 0 aliphatic rings. The van der Waals surface area contributed by atoms with Gasteiger partial charge in [-0.05, 0) is 19.2 Å². The molecule has 0 saturated heterocycles. The molecule has 0 fully saturated rings. The minimum atomic E-state index is -2.97. The van der Waals surface area contributed by atoms with Gasteiger partial charge in [-0.25, -0.2) is 12.8 Å². The average Bonchev–Trinajstić information content (AvgIpc) is 2.18. The van der Waals surface area contributed by atoms with Gasteiger partial charge in [0.1, 0.15) is 15.7 Å². The van der Waals surface area contributed by atoms with Gasteiger partial charge >= 0.3 is 0 Å². The fraction of sp³-hybridized carbons (Fsp3) is 0.455. The molecule has 0 bridgehead atoms. The Kier molecular flexibility index (Phi) is 5.09. The van der Waals surface area contributed by atoms with E-state index in [1.54, 1.807) is 24.1 Å². The van der Waals surface area contributed by atoms with Gasteiger partial charge in [-0.1, -0.05) is 22.0 Å². The summed E-state index contributed by atoms with van der Waals surface area (Å²) in [5, 5.41) is 0. The Morgan fingerprint density at radius 3 is 2.59 bits per heavy atom. The Bertz CT molecular complexity index is 490. The van der Waals surface area contributed by atoms with Crippen LogP contribution in [-0.4, -0.2) is 38.9 Å². The van der Waals surface area contributed by atoms with Crippen molar-refractivity contribution >= 4 is 25.8 Å². The lowest BCUT2D eigenvalue weighted by Crippen LogP contribution is -2.25. The topological polar surface area (TPSA) is 37.4 Å². The lowest BCUT2D eigenvalue weighted by molar-refractivity contribution is 0.340. The van der Waals surface area contributed by atoms with Gasteiger partial charge in [0.2, 0.25) is 0 Å². The Morgan fingerprint density at radius 1 is 1.41 bits per heavy atom. The smallest absolute Gasteiger partial charge is 0.148 e. The summed E-state index contributed by atoms with van der Waals surface area (Å²) < 4.78 is 36.2. The summed E-state index contributed by atoms with van der Waals surface area (Å²) >= 11 is 3.19. The quantitative estimate of drug-likeness (QED) is 0.832. The molecule has 1 aromatic rings. The second-order valence-corrected chi connectivity index (χ2v) is 7.28. The largest absolute Gasteiger partial charge is 0.301 e. The first-order valence-electron chi connectivity index (χ1n) is 5.08. The molecule has 0 saturated carbocycles. The number of hydrogen-bond donors (Lipinski definition) is 0. The fourth-order valence-corrected chi connectivity index (χ4v) is 2.32. The number of nitrogens with zero attached hydrogens (tertiary/aromatic N) is 1. The second kappa shape index (κ2) is 5.93. The Hall–Kier alpha value is -0.460. The number of benzene rings is 1. The molecule has 0 aromatic heterocycles. The first-order chi connectivity index (χ1) is 7.78. The van der Waals surface area contributed by atoms with E-state index in [-0.39, 0.29) is 11.6 Å². The summed E-state index contributed by atoms with van der Waals surface area (Å²) in [7, 11) is -1.20. The summed E-state index contributed by atoms with van der Waals surface area (Å²) in [6, 6.07) is 4.86. The normalized spacial score (nSPS) is 12.1. The molecule has 0 atom stereocenters. The number of sulfone groups is 1. The van der Waals surface area contributed by atoms with Crippen molar-refractivity contribution in [3.63, 3.8) is 0 Å². The van der Waals surface area contributed by atoms with Crippen molar-refractivity contribution in [2.24, 2.45) is 0 Å². The highest BCUT2D eigenvalue weighted by molar-refractivity contribution is 9.10. The molecule has 0 radical (unpaired) electrons. The van der Waals surface area contributed by atoms with Gasteiger partial charge in [0.25, 0.3) is 0 Å². The van der Waals surface area contributed by atoms with Crippen LogP contribution in [0.15, 0.2) is 22.7 Å². The summed E-state index contributed by atoms with van der Waals surface area (Å²) in [6.07, 6.45) is 1.20. The second-order valence-electron chi connectivity index (χ2n) is 4.10. The molecule has 0 spiro atoms. The first-order valence-corrected chi connectivity index (χ1v) is 7.93. The highest BCUT2D eigenvalue weighted by Crippen LogP contribution is 2.16. The average molecular weight is 324 g/mol. The van der Waals surface area contributed by atoms with E-state index in [0.29, 0.717) is 23.1 Å². The van der Waals surface area contributed by atoms with Gasteiger partial charge in [-0.3, -0.25) is 0 Å². The molecule has 0 aliphatic heterocycles. The molecule has 3 nitrogen and oxygen atoms in total. The highest BCUT2D eigenvalue weighted by Gasteiger charge is 2.09. The SMILES string of the molecule is CN(CCS(C)(=O)=O)Cc1ccc(Br)cc1F. The number of rotatable bonds is 5. The van der Waals surface area contributed by atoms with Gasteiger partial charge in [0.05, 0.1) is 5.75 Å².